The minimum atomic E-state index is -0.654. The highest BCUT2D eigenvalue weighted by atomic mass is 16.7. The van der Waals surface area contributed by atoms with Crippen molar-refractivity contribution in [2.24, 2.45) is 5.16 Å². The predicted molar refractivity (Wildman–Crippen MR) is 107 cm³/mol. The highest BCUT2D eigenvalue weighted by Crippen LogP contribution is 2.20. The first-order chi connectivity index (χ1) is 13.2. The Kier molecular flexibility index (Phi) is 5.84. The fraction of sp³-hybridized carbons (Fsp3) is 0.0909. The molecule has 0 radical (unpaired) electrons. The summed E-state index contributed by atoms with van der Waals surface area (Å²) in [6.07, 6.45) is -0.654. The maximum absolute atomic E-state index is 11.9. The lowest BCUT2D eigenvalue weighted by Crippen LogP contribution is -2.11. The van der Waals surface area contributed by atoms with Gasteiger partial charge in [-0.3, -0.25) is 10.2 Å². The molecule has 1 N–H and O–H groups in total. The number of methoxy groups -OCH3 is 1. The first-order valence-corrected chi connectivity index (χ1v) is 8.48. The molecular formula is C22H20N2O3. The van der Waals surface area contributed by atoms with E-state index < -0.39 is 6.09 Å². The van der Waals surface area contributed by atoms with Crippen LogP contribution in [0, 0.1) is 0 Å². The minimum absolute atomic E-state index is 0.597. The molecule has 3 aromatic rings. The van der Waals surface area contributed by atoms with Crippen LogP contribution in [0.5, 0.6) is 5.75 Å². The average Bonchev–Trinajstić information content (AvgIpc) is 2.73. The SMILES string of the molecule is COc1ccc(NC(=O)O/N=C(\C)c2cccc(-c3ccccc3)c2)cc1. The van der Waals surface area contributed by atoms with Crippen molar-refractivity contribution in [3.63, 3.8) is 0 Å². The highest BCUT2D eigenvalue weighted by molar-refractivity contribution is 5.99. The van der Waals surface area contributed by atoms with Crippen molar-refractivity contribution >= 4 is 17.5 Å². The molecule has 5 heteroatoms. The number of anilines is 1. The number of benzene rings is 3. The quantitative estimate of drug-likeness (QED) is 0.380. The second-order valence-corrected chi connectivity index (χ2v) is 5.86. The van der Waals surface area contributed by atoms with E-state index in [0.29, 0.717) is 17.1 Å². The minimum Gasteiger partial charge on any atom is -0.497 e. The molecule has 0 unspecified atom stereocenters. The first kappa shape index (κ1) is 18.2. The van der Waals surface area contributed by atoms with Crippen LogP contribution in [0.3, 0.4) is 0 Å². The van der Waals surface area contributed by atoms with Gasteiger partial charge in [-0.05, 0) is 53.9 Å². The third-order valence-corrected chi connectivity index (χ3v) is 3.99. The Labute approximate surface area is 158 Å². The average molecular weight is 360 g/mol. The van der Waals surface area contributed by atoms with Crippen LogP contribution in [0.4, 0.5) is 10.5 Å². The molecule has 0 saturated heterocycles. The summed E-state index contributed by atoms with van der Waals surface area (Å²) in [6, 6.07) is 24.9. The fourth-order valence-electron chi connectivity index (χ4n) is 2.53. The zero-order valence-electron chi connectivity index (χ0n) is 15.2. The maximum Gasteiger partial charge on any atom is 0.437 e. The number of carbonyl (C=O) groups excluding carboxylic acids is 1. The molecule has 1 amide bonds. The molecule has 0 aliphatic rings. The van der Waals surface area contributed by atoms with Gasteiger partial charge in [-0.25, -0.2) is 4.79 Å². The van der Waals surface area contributed by atoms with Gasteiger partial charge in [0.2, 0.25) is 0 Å². The van der Waals surface area contributed by atoms with Gasteiger partial charge in [-0.15, -0.1) is 0 Å². The van der Waals surface area contributed by atoms with E-state index in [9.17, 15) is 4.79 Å². The van der Waals surface area contributed by atoms with Gasteiger partial charge in [0.05, 0.1) is 12.8 Å². The van der Waals surface area contributed by atoms with E-state index in [2.05, 4.69) is 10.5 Å². The zero-order valence-corrected chi connectivity index (χ0v) is 15.2. The largest absolute Gasteiger partial charge is 0.497 e. The summed E-state index contributed by atoms with van der Waals surface area (Å²) >= 11 is 0. The fourth-order valence-corrected chi connectivity index (χ4v) is 2.53. The van der Waals surface area contributed by atoms with E-state index in [0.717, 1.165) is 16.7 Å². The molecule has 0 aliphatic carbocycles. The zero-order chi connectivity index (χ0) is 19.1. The standard InChI is InChI=1S/C22H20N2O3/c1-16(18-9-6-10-19(15-18)17-7-4-3-5-8-17)24-27-22(25)23-20-11-13-21(26-2)14-12-20/h3-15H,1-2H3,(H,23,25)/b24-16+. The van der Waals surface area contributed by atoms with Gasteiger partial charge in [0.25, 0.3) is 0 Å². The summed E-state index contributed by atoms with van der Waals surface area (Å²) in [5, 5.41) is 6.55. The topological polar surface area (TPSA) is 59.9 Å². The summed E-state index contributed by atoms with van der Waals surface area (Å²) in [7, 11) is 1.58. The van der Waals surface area contributed by atoms with Crippen molar-refractivity contribution in [3.8, 4) is 16.9 Å². The summed E-state index contributed by atoms with van der Waals surface area (Å²) in [4.78, 5) is 16.9. The normalized spacial score (nSPS) is 11.0. The smallest absolute Gasteiger partial charge is 0.437 e. The van der Waals surface area contributed by atoms with Crippen molar-refractivity contribution in [3.05, 3.63) is 84.4 Å². The summed E-state index contributed by atoms with van der Waals surface area (Å²) in [5.41, 5.74) is 4.28. The van der Waals surface area contributed by atoms with E-state index in [1.54, 1.807) is 38.3 Å². The van der Waals surface area contributed by atoms with Gasteiger partial charge in [0.1, 0.15) is 5.75 Å². The Hall–Kier alpha value is -3.60. The monoisotopic (exact) mass is 360 g/mol. The van der Waals surface area contributed by atoms with Crippen LogP contribution >= 0.6 is 0 Å². The molecular weight excluding hydrogens is 340 g/mol. The summed E-state index contributed by atoms with van der Waals surface area (Å²) < 4.78 is 5.08. The van der Waals surface area contributed by atoms with Crippen LogP contribution in [0.1, 0.15) is 12.5 Å². The van der Waals surface area contributed by atoms with Crippen molar-refractivity contribution in [2.75, 3.05) is 12.4 Å². The van der Waals surface area contributed by atoms with E-state index in [4.69, 9.17) is 9.57 Å². The van der Waals surface area contributed by atoms with Crippen LogP contribution < -0.4 is 10.1 Å². The van der Waals surface area contributed by atoms with E-state index in [-0.39, 0.29) is 0 Å². The third-order valence-electron chi connectivity index (χ3n) is 3.99. The van der Waals surface area contributed by atoms with Crippen LogP contribution in [0.25, 0.3) is 11.1 Å². The maximum atomic E-state index is 11.9. The van der Waals surface area contributed by atoms with Crippen molar-refractivity contribution < 1.29 is 14.4 Å². The Morgan fingerprint density at radius 2 is 1.59 bits per heavy atom. The molecule has 0 aromatic heterocycles. The molecule has 0 spiro atoms. The summed E-state index contributed by atoms with van der Waals surface area (Å²) in [6.45, 7) is 1.80. The number of carbonyl (C=O) groups is 1. The Bertz CT molecular complexity index is 935. The number of amides is 1. The Morgan fingerprint density at radius 1 is 0.889 bits per heavy atom. The first-order valence-electron chi connectivity index (χ1n) is 8.48. The van der Waals surface area contributed by atoms with Gasteiger partial charge >= 0.3 is 6.09 Å². The van der Waals surface area contributed by atoms with Crippen LogP contribution in [0.15, 0.2) is 84.0 Å². The molecule has 0 aliphatic heterocycles. The lowest BCUT2D eigenvalue weighted by atomic mass is 10.0. The molecule has 3 aromatic carbocycles. The number of nitrogens with zero attached hydrogens (tertiary/aromatic N) is 1. The van der Waals surface area contributed by atoms with Gasteiger partial charge < -0.3 is 4.74 Å². The summed E-state index contributed by atoms with van der Waals surface area (Å²) in [5.74, 6) is 0.709. The van der Waals surface area contributed by atoms with Crippen molar-refractivity contribution in [2.45, 2.75) is 6.92 Å². The molecule has 0 atom stereocenters. The lowest BCUT2D eigenvalue weighted by Gasteiger charge is -2.06. The molecule has 27 heavy (non-hydrogen) atoms. The lowest BCUT2D eigenvalue weighted by molar-refractivity contribution is 0.166. The van der Waals surface area contributed by atoms with Crippen LogP contribution in [-0.4, -0.2) is 18.9 Å². The number of hydrogen-bond donors (Lipinski definition) is 1. The molecule has 5 nitrogen and oxygen atoms in total. The van der Waals surface area contributed by atoms with Crippen molar-refractivity contribution in [1.29, 1.82) is 0 Å². The van der Waals surface area contributed by atoms with Crippen LogP contribution in [-0.2, 0) is 4.84 Å². The second kappa shape index (κ2) is 8.67. The van der Waals surface area contributed by atoms with Gasteiger partial charge in [0, 0.05) is 5.69 Å². The van der Waals surface area contributed by atoms with Gasteiger partial charge in [-0.1, -0.05) is 53.7 Å². The molecule has 0 fully saturated rings. The van der Waals surface area contributed by atoms with Gasteiger partial charge in [-0.2, -0.15) is 0 Å². The number of oxime groups is 1. The number of hydrogen-bond acceptors (Lipinski definition) is 4. The molecule has 0 saturated carbocycles. The van der Waals surface area contributed by atoms with E-state index in [1.165, 1.54) is 0 Å². The van der Waals surface area contributed by atoms with E-state index >= 15 is 0 Å². The highest BCUT2D eigenvalue weighted by Gasteiger charge is 2.06. The molecule has 0 heterocycles. The Balaban J connectivity index is 1.65. The van der Waals surface area contributed by atoms with Crippen molar-refractivity contribution in [1.82, 2.24) is 0 Å². The van der Waals surface area contributed by atoms with Gasteiger partial charge in [0.15, 0.2) is 0 Å². The molecule has 3 rings (SSSR count). The van der Waals surface area contributed by atoms with Crippen LogP contribution in [0.2, 0.25) is 0 Å². The number of rotatable bonds is 5. The van der Waals surface area contributed by atoms with E-state index in [1.807, 2.05) is 54.6 Å². The number of ether oxygens (including phenoxy) is 1. The molecule has 0 bridgehead atoms. The molecule has 136 valence electrons. The predicted octanol–water partition coefficient (Wildman–Crippen LogP) is 5.33. The Morgan fingerprint density at radius 3 is 2.30 bits per heavy atom. The number of nitrogens with one attached hydrogen (secondary N) is 1. The third kappa shape index (κ3) is 4.95. The second-order valence-electron chi connectivity index (χ2n) is 5.86.